The van der Waals surface area contributed by atoms with Crippen LogP contribution in [0.5, 0.6) is 0 Å². The Morgan fingerprint density at radius 1 is 1.05 bits per heavy atom. The maximum absolute atomic E-state index is 13.5. The van der Waals surface area contributed by atoms with Gasteiger partial charge in [-0.1, -0.05) is 12.1 Å². The SMILES string of the molecule is CCOC(=O)c1sc2ccc(S(=O)(=O)Nc3ccccc3N3CCN(C(=O)c4sccc4Br)CC3)cc2c1C. The molecular formula is C27H26BrN3O5S3. The number of benzene rings is 2. The van der Waals surface area contributed by atoms with Crippen LogP contribution >= 0.6 is 38.6 Å². The minimum atomic E-state index is -3.92. The lowest BCUT2D eigenvalue weighted by atomic mass is 10.1. The zero-order valence-electron chi connectivity index (χ0n) is 21.3. The molecule has 1 aliphatic rings. The number of ether oxygens (including phenoxy) is 1. The van der Waals surface area contributed by atoms with Crippen LogP contribution in [0.2, 0.25) is 0 Å². The molecule has 4 aromatic rings. The van der Waals surface area contributed by atoms with E-state index in [4.69, 9.17) is 4.74 Å². The Bertz CT molecular complexity index is 1660. The number of fused-ring (bicyclic) bond motifs is 1. The van der Waals surface area contributed by atoms with Gasteiger partial charge in [0.15, 0.2) is 0 Å². The number of anilines is 2. The molecule has 3 heterocycles. The zero-order chi connectivity index (χ0) is 27.7. The first-order chi connectivity index (χ1) is 18.7. The number of sulfonamides is 1. The first-order valence-corrected chi connectivity index (χ1v) is 16.3. The number of carbonyl (C=O) groups is 2. The summed E-state index contributed by atoms with van der Waals surface area (Å²) in [6, 6.07) is 14.0. The van der Waals surface area contributed by atoms with Gasteiger partial charge in [0.25, 0.3) is 15.9 Å². The van der Waals surface area contributed by atoms with Crippen LogP contribution in [0.15, 0.2) is 63.3 Å². The first kappa shape index (κ1) is 27.6. The Balaban J connectivity index is 1.35. The summed E-state index contributed by atoms with van der Waals surface area (Å²) in [7, 11) is -3.92. The third-order valence-corrected chi connectivity index (χ3v) is 11.0. The average Bonchev–Trinajstić information content (AvgIpc) is 3.51. The van der Waals surface area contributed by atoms with E-state index in [1.807, 2.05) is 28.5 Å². The molecule has 1 saturated heterocycles. The number of aryl methyl sites for hydroxylation is 1. The molecule has 204 valence electrons. The fraction of sp³-hybridized carbons (Fsp3) is 0.259. The molecule has 0 bridgehead atoms. The third kappa shape index (κ3) is 5.56. The molecule has 0 unspecified atom stereocenters. The number of carbonyl (C=O) groups excluding carboxylic acids is 2. The second-order valence-corrected chi connectivity index (χ2v) is 13.4. The summed E-state index contributed by atoms with van der Waals surface area (Å²) >= 11 is 6.14. The molecule has 2 aromatic heterocycles. The van der Waals surface area contributed by atoms with Gasteiger partial charge in [0.2, 0.25) is 0 Å². The highest BCUT2D eigenvalue weighted by molar-refractivity contribution is 9.10. The highest BCUT2D eigenvalue weighted by Crippen LogP contribution is 2.35. The topological polar surface area (TPSA) is 96.0 Å². The first-order valence-electron chi connectivity index (χ1n) is 12.3. The lowest BCUT2D eigenvalue weighted by Gasteiger charge is -2.36. The number of para-hydroxylation sites is 2. The summed E-state index contributed by atoms with van der Waals surface area (Å²) in [6.45, 7) is 6.02. The lowest BCUT2D eigenvalue weighted by Crippen LogP contribution is -2.48. The van der Waals surface area contributed by atoms with Crippen LogP contribution < -0.4 is 9.62 Å². The van der Waals surface area contributed by atoms with Gasteiger partial charge in [-0.2, -0.15) is 0 Å². The van der Waals surface area contributed by atoms with Gasteiger partial charge >= 0.3 is 5.97 Å². The molecule has 0 spiro atoms. The van der Waals surface area contributed by atoms with Crippen LogP contribution in [-0.4, -0.2) is 58.0 Å². The predicted molar refractivity (Wildman–Crippen MR) is 160 cm³/mol. The number of halogens is 1. The maximum Gasteiger partial charge on any atom is 0.348 e. The van der Waals surface area contributed by atoms with Gasteiger partial charge in [0, 0.05) is 35.4 Å². The quantitative estimate of drug-likeness (QED) is 0.248. The molecule has 1 N–H and O–H groups in total. The second-order valence-electron chi connectivity index (χ2n) is 8.93. The molecule has 2 aromatic carbocycles. The van der Waals surface area contributed by atoms with Crippen molar-refractivity contribution >= 4 is 82.0 Å². The molecule has 1 amide bonds. The van der Waals surface area contributed by atoms with Crippen molar-refractivity contribution in [3.8, 4) is 0 Å². The highest BCUT2D eigenvalue weighted by atomic mass is 79.9. The van der Waals surface area contributed by atoms with Crippen molar-refractivity contribution in [2.75, 3.05) is 42.4 Å². The number of thiophene rings is 2. The molecule has 1 fully saturated rings. The largest absolute Gasteiger partial charge is 0.462 e. The molecule has 8 nitrogen and oxygen atoms in total. The summed E-state index contributed by atoms with van der Waals surface area (Å²) in [5.41, 5.74) is 1.92. The Kier molecular flexibility index (Phi) is 7.99. The van der Waals surface area contributed by atoms with Crippen molar-refractivity contribution in [1.29, 1.82) is 0 Å². The van der Waals surface area contributed by atoms with Gasteiger partial charge in [-0.05, 0) is 82.5 Å². The minimum Gasteiger partial charge on any atom is -0.462 e. The normalized spacial score (nSPS) is 14.0. The smallest absolute Gasteiger partial charge is 0.348 e. The van der Waals surface area contributed by atoms with Gasteiger partial charge in [0.1, 0.15) is 9.75 Å². The van der Waals surface area contributed by atoms with Gasteiger partial charge in [-0.15, -0.1) is 22.7 Å². The fourth-order valence-electron chi connectivity index (χ4n) is 4.54. The van der Waals surface area contributed by atoms with Gasteiger partial charge in [0.05, 0.1) is 22.9 Å². The van der Waals surface area contributed by atoms with Crippen LogP contribution in [0.1, 0.15) is 31.8 Å². The molecular weight excluding hydrogens is 622 g/mol. The molecule has 0 aliphatic carbocycles. The van der Waals surface area contributed by atoms with Gasteiger partial charge in [-0.3, -0.25) is 9.52 Å². The molecule has 5 rings (SSSR count). The van der Waals surface area contributed by atoms with Crippen molar-refractivity contribution in [1.82, 2.24) is 4.90 Å². The Labute approximate surface area is 243 Å². The molecule has 0 radical (unpaired) electrons. The number of piperazine rings is 1. The van der Waals surface area contributed by atoms with E-state index in [0.29, 0.717) is 52.6 Å². The van der Waals surface area contributed by atoms with E-state index in [2.05, 4.69) is 25.6 Å². The second kappa shape index (κ2) is 11.3. The van der Waals surface area contributed by atoms with Gasteiger partial charge in [-0.25, -0.2) is 13.2 Å². The van der Waals surface area contributed by atoms with Crippen LogP contribution in [0.4, 0.5) is 11.4 Å². The fourth-order valence-corrected chi connectivity index (χ4v) is 8.23. The zero-order valence-corrected chi connectivity index (χ0v) is 25.3. The number of amides is 1. The standard InChI is InChI=1S/C27H26BrN3O5S3/c1-3-36-27(33)24-17(2)19-16-18(8-9-23(19)38-24)39(34,35)29-21-6-4-5-7-22(21)30-11-13-31(14-12-30)26(32)25-20(28)10-15-37-25/h4-10,15-16,29H,3,11-14H2,1-2H3. The van der Waals surface area contributed by atoms with Crippen molar-refractivity contribution in [3.05, 3.63) is 73.7 Å². The van der Waals surface area contributed by atoms with Crippen LogP contribution in [-0.2, 0) is 14.8 Å². The van der Waals surface area contributed by atoms with Crippen molar-refractivity contribution in [2.24, 2.45) is 0 Å². The molecule has 0 saturated carbocycles. The predicted octanol–water partition coefficient (Wildman–Crippen LogP) is 5.97. The number of nitrogens with one attached hydrogen (secondary N) is 1. The van der Waals surface area contributed by atoms with Gasteiger partial charge < -0.3 is 14.5 Å². The highest BCUT2D eigenvalue weighted by Gasteiger charge is 2.27. The van der Waals surface area contributed by atoms with Crippen LogP contribution in [0, 0.1) is 6.92 Å². The van der Waals surface area contributed by atoms with E-state index >= 15 is 0 Å². The summed E-state index contributed by atoms with van der Waals surface area (Å²) < 4.78 is 36.4. The van der Waals surface area contributed by atoms with E-state index in [9.17, 15) is 18.0 Å². The summed E-state index contributed by atoms with van der Waals surface area (Å²) in [4.78, 5) is 30.4. The Morgan fingerprint density at radius 3 is 2.49 bits per heavy atom. The molecule has 39 heavy (non-hydrogen) atoms. The van der Waals surface area contributed by atoms with E-state index in [0.717, 1.165) is 14.9 Å². The third-order valence-electron chi connectivity index (χ3n) is 6.55. The van der Waals surface area contributed by atoms with Crippen molar-refractivity contribution in [3.63, 3.8) is 0 Å². The van der Waals surface area contributed by atoms with E-state index in [1.165, 1.54) is 22.7 Å². The average molecular weight is 649 g/mol. The lowest BCUT2D eigenvalue weighted by molar-refractivity contribution is 0.0531. The van der Waals surface area contributed by atoms with E-state index in [-0.39, 0.29) is 17.4 Å². The van der Waals surface area contributed by atoms with Crippen molar-refractivity contribution < 1.29 is 22.7 Å². The molecule has 1 aliphatic heterocycles. The molecule has 12 heteroatoms. The van der Waals surface area contributed by atoms with E-state index in [1.54, 1.807) is 44.2 Å². The van der Waals surface area contributed by atoms with Crippen molar-refractivity contribution in [2.45, 2.75) is 18.7 Å². The number of esters is 1. The molecule has 0 atom stereocenters. The number of rotatable bonds is 7. The Morgan fingerprint density at radius 2 is 1.79 bits per heavy atom. The number of hydrogen-bond donors (Lipinski definition) is 1. The maximum atomic E-state index is 13.5. The number of nitrogens with zero attached hydrogens (tertiary/aromatic N) is 2. The number of hydrogen-bond acceptors (Lipinski definition) is 8. The summed E-state index contributed by atoms with van der Waals surface area (Å²) in [5, 5.41) is 2.59. The summed E-state index contributed by atoms with van der Waals surface area (Å²) in [5.74, 6) is -0.409. The van der Waals surface area contributed by atoms with Crippen LogP contribution in [0.25, 0.3) is 10.1 Å². The minimum absolute atomic E-state index is 0.00394. The van der Waals surface area contributed by atoms with E-state index < -0.39 is 16.0 Å². The Hall–Kier alpha value is -2.93. The monoisotopic (exact) mass is 647 g/mol. The van der Waals surface area contributed by atoms with Crippen LogP contribution in [0.3, 0.4) is 0 Å². The summed E-state index contributed by atoms with van der Waals surface area (Å²) in [6.07, 6.45) is 0.